The lowest BCUT2D eigenvalue weighted by molar-refractivity contribution is 0.101. The number of halogens is 1. The van der Waals surface area contributed by atoms with Gasteiger partial charge in [0.15, 0.2) is 17.3 Å². The van der Waals surface area contributed by atoms with Crippen LogP contribution in [-0.2, 0) is 6.54 Å². The first-order valence-electron chi connectivity index (χ1n) is 9.12. The number of benzene rings is 2. The average Bonchev–Trinajstić information content (AvgIpc) is 3.32. The molecular formula is C22H19ClN4O2. The largest absolute Gasteiger partial charge is 0.355 e. The predicted octanol–water partition coefficient (Wildman–Crippen LogP) is 5.11. The number of carbonyl (C=O) groups excluding carboxylic acids is 1. The number of rotatable bonds is 5. The standard InChI is InChI=1S/C22H19ClN4O2/c1-14-7-9-16(10-8-14)20-12-19(26-29-20)22(28)24-21-11-15(2)27(25-21)13-17-5-3-4-6-18(17)23/h3-12H,13H2,1-2H3,(H,24,25,28). The molecule has 0 radical (unpaired) electrons. The highest BCUT2D eigenvalue weighted by molar-refractivity contribution is 6.31. The van der Waals surface area contributed by atoms with E-state index < -0.39 is 0 Å². The summed E-state index contributed by atoms with van der Waals surface area (Å²) in [5, 5.41) is 11.8. The summed E-state index contributed by atoms with van der Waals surface area (Å²) in [5.41, 5.74) is 4.06. The van der Waals surface area contributed by atoms with Crippen LogP contribution >= 0.6 is 11.6 Å². The van der Waals surface area contributed by atoms with Gasteiger partial charge in [0.2, 0.25) is 0 Å². The third-order valence-electron chi connectivity index (χ3n) is 4.58. The van der Waals surface area contributed by atoms with E-state index in [1.807, 2.05) is 62.4 Å². The molecule has 0 aliphatic carbocycles. The van der Waals surface area contributed by atoms with Crippen LogP contribution in [0.15, 0.2) is 65.2 Å². The lowest BCUT2D eigenvalue weighted by Crippen LogP contribution is -2.13. The maximum absolute atomic E-state index is 12.5. The van der Waals surface area contributed by atoms with Gasteiger partial charge in [0.05, 0.1) is 6.54 Å². The lowest BCUT2D eigenvalue weighted by Gasteiger charge is -2.06. The maximum Gasteiger partial charge on any atom is 0.279 e. The van der Waals surface area contributed by atoms with Crippen LogP contribution < -0.4 is 5.32 Å². The first-order chi connectivity index (χ1) is 14.0. The van der Waals surface area contributed by atoms with Crippen LogP contribution in [0.25, 0.3) is 11.3 Å². The quantitative estimate of drug-likeness (QED) is 0.500. The minimum Gasteiger partial charge on any atom is -0.355 e. The zero-order chi connectivity index (χ0) is 20.4. The Labute approximate surface area is 173 Å². The molecule has 2 aromatic heterocycles. The van der Waals surface area contributed by atoms with Gasteiger partial charge in [-0.1, -0.05) is 64.8 Å². The highest BCUT2D eigenvalue weighted by Gasteiger charge is 2.16. The summed E-state index contributed by atoms with van der Waals surface area (Å²) in [5.74, 6) is 0.601. The molecule has 146 valence electrons. The zero-order valence-corrected chi connectivity index (χ0v) is 16.8. The van der Waals surface area contributed by atoms with Crippen LogP contribution in [0.5, 0.6) is 0 Å². The molecule has 0 saturated carbocycles. The van der Waals surface area contributed by atoms with Crippen LogP contribution in [0.4, 0.5) is 5.82 Å². The van der Waals surface area contributed by atoms with Crippen molar-refractivity contribution in [1.82, 2.24) is 14.9 Å². The van der Waals surface area contributed by atoms with Gasteiger partial charge in [0.25, 0.3) is 5.91 Å². The Hall–Kier alpha value is -3.38. The summed E-state index contributed by atoms with van der Waals surface area (Å²) >= 11 is 6.23. The fraction of sp³-hybridized carbons (Fsp3) is 0.136. The second kappa shape index (κ2) is 7.93. The van der Waals surface area contributed by atoms with Gasteiger partial charge in [0.1, 0.15) is 0 Å². The van der Waals surface area contributed by atoms with E-state index >= 15 is 0 Å². The Balaban J connectivity index is 1.48. The fourth-order valence-corrected chi connectivity index (χ4v) is 3.13. The third kappa shape index (κ3) is 4.22. The molecule has 0 aliphatic rings. The minimum atomic E-state index is -0.380. The molecule has 1 amide bonds. The van der Waals surface area contributed by atoms with E-state index in [1.165, 1.54) is 0 Å². The van der Waals surface area contributed by atoms with Crippen molar-refractivity contribution in [3.63, 3.8) is 0 Å². The highest BCUT2D eigenvalue weighted by atomic mass is 35.5. The van der Waals surface area contributed by atoms with Crippen LogP contribution in [-0.4, -0.2) is 20.8 Å². The van der Waals surface area contributed by atoms with Gasteiger partial charge in [-0.05, 0) is 25.5 Å². The molecule has 2 aromatic carbocycles. The monoisotopic (exact) mass is 406 g/mol. The van der Waals surface area contributed by atoms with Crippen molar-refractivity contribution in [2.75, 3.05) is 5.32 Å². The second-order valence-corrected chi connectivity index (χ2v) is 7.22. The van der Waals surface area contributed by atoms with Crippen LogP contribution in [0.2, 0.25) is 5.02 Å². The molecular weight excluding hydrogens is 388 g/mol. The van der Waals surface area contributed by atoms with Gasteiger partial charge in [-0.2, -0.15) is 5.10 Å². The van der Waals surface area contributed by atoms with Crippen LogP contribution in [0, 0.1) is 13.8 Å². The van der Waals surface area contributed by atoms with Crippen molar-refractivity contribution in [3.05, 3.63) is 88.2 Å². The summed E-state index contributed by atoms with van der Waals surface area (Å²) in [7, 11) is 0. The minimum absolute atomic E-state index is 0.193. The number of hydrogen-bond acceptors (Lipinski definition) is 4. The summed E-state index contributed by atoms with van der Waals surface area (Å²) in [6.07, 6.45) is 0. The third-order valence-corrected chi connectivity index (χ3v) is 4.95. The average molecular weight is 407 g/mol. The van der Waals surface area contributed by atoms with Gasteiger partial charge in [-0.3, -0.25) is 9.48 Å². The van der Waals surface area contributed by atoms with E-state index in [9.17, 15) is 4.79 Å². The number of nitrogens with one attached hydrogen (secondary N) is 1. The molecule has 2 heterocycles. The van der Waals surface area contributed by atoms with E-state index in [0.717, 1.165) is 22.4 Å². The highest BCUT2D eigenvalue weighted by Crippen LogP contribution is 2.22. The molecule has 1 N–H and O–H groups in total. The number of aromatic nitrogens is 3. The smallest absolute Gasteiger partial charge is 0.279 e. The van der Waals surface area contributed by atoms with Gasteiger partial charge in [0, 0.05) is 28.4 Å². The molecule has 4 rings (SSSR count). The first kappa shape index (κ1) is 19.0. The molecule has 29 heavy (non-hydrogen) atoms. The van der Waals surface area contributed by atoms with Crippen LogP contribution in [0.1, 0.15) is 27.3 Å². The topological polar surface area (TPSA) is 73.0 Å². The van der Waals surface area contributed by atoms with Crippen molar-refractivity contribution in [1.29, 1.82) is 0 Å². The van der Waals surface area contributed by atoms with E-state index in [0.29, 0.717) is 23.1 Å². The maximum atomic E-state index is 12.5. The van der Waals surface area contributed by atoms with Gasteiger partial charge < -0.3 is 9.84 Å². The Bertz CT molecular complexity index is 1160. The molecule has 0 saturated heterocycles. The van der Waals surface area contributed by atoms with Crippen molar-refractivity contribution >= 4 is 23.3 Å². The van der Waals surface area contributed by atoms with Crippen molar-refractivity contribution in [2.45, 2.75) is 20.4 Å². The Morgan fingerprint density at radius 2 is 1.86 bits per heavy atom. The summed E-state index contributed by atoms with van der Waals surface area (Å²) in [4.78, 5) is 12.5. The predicted molar refractivity (Wildman–Crippen MR) is 112 cm³/mol. The van der Waals surface area contributed by atoms with Gasteiger partial charge >= 0.3 is 0 Å². The normalized spacial score (nSPS) is 10.9. The number of hydrogen-bond donors (Lipinski definition) is 1. The first-order valence-corrected chi connectivity index (χ1v) is 9.50. The Morgan fingerprint density at radius 1 is 1.10 bits per heavy atom. The molecule has 0 atom stereocenters. The van der Waals surface area contributed by atoms with Crippen molar-refractivity contribution < 1.29 is 9.32 Å². The van der Waals surface area contributed by atoms with E-state index in [-0.39, 0.29) is 11.6 Å². The number of amides is 1. The Morgan fingerprint density at radius 3 is 2.62 bits per heavy atom. The molecule has 7 heteroatoms. The molecule has 0 aliphatic heterocycles. The van der Waals surface area contributed by atoms with E-state index in [2.05, 4.69) is 15.6 Å². The molecule has 6 nitrogen and oxygen atoms in total. The van der Waals surface area contributed by atoms with E-state index in [1.54, 1.807) is 16.8 Å². The molecule has 0 bridgehead atoms. The summed E-state index contributed by atoms with van der Waals surface area (Å²) < 4.78 is 7.11. The number of aryl methyl sites for hydroxylation is 2. The molecule has 0 fully saturated rings. The summed E-state index contributed by atoms with van der Waals surface area (Å²) in [6, 6.07) is 18.8. The fourth-order valence-electron chi connectivity index (χ4n) is 2.94. The molecule has 4 aromatic rings. The summed E-state index contributed by atoms with van der Waals surface area (Å²) in [6.45, 7) is 4.45. The van der Waals surface area contributed by atoms with Crippen LogP contribution in [0.3, 0.4) is 0 Å². The van der Waals surface area contributed by atoms with Crippen molar-refractivity contribution in [3.8, 4) is 11.3 Å². The molecule has 0 unspecified atom stereocenters. The lowest BCUT2D eigenvalue weighted by atomic mass is 10.1. The van der Waals surface area contributed by atoms with E-state index in [4.69, 9.17) is 16.1 Å². The molecule has 0 spiro atoms. The van der Waals surface area contributed by atoms with Gasteiger partial charge in [-0.25, -0.2) is 0 Å². The van der Waals surface area contributed by atoms with Crippen molar-refractivity contribution in [2.24, 2.45) is 0 Å². The number of anilines is 1. The number of nitrogens with zero attached hydrogens (tertiary/aromatic N) is 3. The zero-order valence-electron chi connectivity index (χ0n) is 16.0. The number of carbonyl (C=O) groups is 1. The SMILES string of the molecule is Cc1ccc(-c2cc(C(=O)Nc3cc(C)n(Cc4ccccc4Cl)n3)no2)cc1. The Kier molecular flexibility index (Phi) is 5.18. The second-order valence-electron chi connectivity index (χ2n) is 6.82. The van der Waals surface area contributed by atoms with Gasteiger partial charge in [-0.15, -0.1) is 0 Å².